The van der Waals surface area contributed by atoms with Gasteiger partial charge in [-0.15, -0.1) is 0 Å². The molecule has 0 heterocycles. The molecule has 120 valence electrons. The molecule has 0 saturated carbocycles. The number of rotatable bonds is 6. The smallest absolute Gasteiger partial charge is 0.280 e. The number of nitrogens with one attached hydrogen (secondary N) is 1. The predicted octanol–water partition coefficient (Wildman–Crippen LogP) is 2.32. The molecule has 1 amide bonds. The highest BCUT2D eigenvalue weighted by Crippen LogP contribution is 2.19. The molecule has 6 nitrogen and oxygen atoms in total. The highest BCUT2D eigenvalue weighted by Gasteiger charge is 2.14. The number of hydrogen-bond donors (Lipinski definition) is 2. The van der Waals surface area contributed by atoms with Gasteiger partial charge in [0.2, 0.25) is 0 Å². The highest BCUT2D eigenvalue weighted by atomic mass is 16.5. The summed E-state index contributed by atoms with van der Waals surface area (Å²) in [6.07, 6.45) is 0.773. The number of ether oxygens (including phenoxy) is 2. The van der Waals surface area contributed by atoms with Crippen molar-refractivity contribution in [2.75, 3.05) is 7.11 Å². The second kappa shape index (κ2) is 7.84. The van der Waals surface area contributed by atoms with Crippen LogP contribution in [0.2, 0.25) is 0 Å². The van der Waals surface area contributed by atoms with Gasteiger partial charge in [-0.2, -0.15) is 5.10 Å². The minimum absolute atomic E-state index is 0.173. The van der Waals surface area contributed by atoms with E-state index in [1.54, 1.807) is 50.4 Å². The van der Waals surface area contributed by atoms with E-state index in [2.05, 4.69) is 10.5 Å². The number of benzene rings is 2. The molecule has 0 bridgehead atoms. The number of carbonyl (C=O) groups excluding carboxylic acids is 1. The van der Waals surface area contributed by atoms with Crippen molar-refractivity contribution < 1.29 is 19.4 Å². The van der Waals surface area contributed by atoms with E-state index in [9.17, 15) is 9.90 Å². The van der Waals surface area contributed by atoms with Gasteiger partial charge in [0.05, 0.1) is 13.3 Å². The molecule has 0 aromatic heterocycles. The Kier molecular flexibility index (Phi) is 5.57. The van der Waals surface area contributed by atoms with E-state index in [1.165, 1.54) is 18.3 Å². The van der Waals surface area contributed by atoms with Gasteiger partial charge < -0.3 is 14.6 Å². The molecule has 1 unspecified atom stereocenters. The first-order valence-electron chi connectivity index (χ1n) is 7.01. The molecule has 23 heavy (non-hydrogen) atoms. The second-order valence-electron chi connectivity index (χ2n) is 4.76. The molecule has 2 rings (SSSR count). The molecular formula is C17H18N2O4. The van der Waals surface area contributed by atoms with Gasteiger partial charge in [0.25, 0.3) is 5.91 Å². The Bertz CT molecular complexity index is 683. The number of hydrogen-bond acceptors (Lipinski definition) is 5. The van der Waals surface area contributed by atoms with Gasteiger partial charge in [-0.05, 0) is 48.9 Å². The molecule has 0 aliphatic carbocycles. The summed E-state index contributed by atoms with van der Waals surface area (Å²) in [4.78, 5) is 11.9. The van der Waals surface area contributed by atoms with Gasteiger partial charge >= 0.3 is 0 Å². The van der Waals surface area contributed by atoms with E-state index in [-0.39, 0.29) is 11.7 Å². The zero-order valence-electron chi connectivity index (χ0n) is 12.9. The van der Waals surface area contributed by atoms with Gasteiger partial charge in [0, 0.05) is 6.07 Å². The Balaban J connectivity index is 1.88. The number of nitrogens with zero attached hydrogens (tertiary/aromatic N) is 1. The van der Waals surface area contributed by atoms with Gasteiger partial charge in [0.15, 0.2) is 6.10 Å². The minimum atomic E-state index is -0.709. The maximum absolute atomic E-state index is 11.9. The quantitative estimate of drug-likeness (QED) is 0.633. The molecule has 6 heteroatoms. The molecule has 0 aliphatic rings. The number of aromatic hydroxyl groups is 1. The molecule has 2 aromatic rings. The number of phenols is 1. The first-order valence-corrected chi connectivity index (χ1v) is 7.01. The monoisotopic (exact) mass is 314 g/mol. The Morgan fingerprint density at radius 3 is 2.61 bits per heavy atom. The highest BCUT2D eigenvalue weighted by molar-refractivity contribution is 5.84. The van der Waals surface area contributed by atoms with E-state index in [0.717, 1.165) is 5.56 Å². The van der Waals surface area contributed by atoms with E-state index < -0.39 is 6.10 Å². The zero-order valence-corrected chi connectivity index (χ0v) is 12.9. The lowest BCUT2D eigenvalue weighted by molar-refractivity contribution is -0.127. The maximum atomic E-state index is 11.9. The number of amides is 1. The lowest BCUT2D eigenvalue weighted by Crippen LogP contribution is -2.33. The topological polar surface area (TPSA) is 80.2 Å². The first kappa shape index (κ1) is 16.4. The van der Waals surface area contributed by atoms with Gasteiger partial charge in [-0.3, -0.25) is 4.79 Å². The Hall–Kier alpha value is -3.02. The third-order valence-electron chi connectivity index (χ3n) is 3.00. The number of phenolic OH excluding ortho intramolecular Hbond substituents is 1. The summed E-state index contributed by atoms with van der Waals surface area (Å²) in [5, 5.41) is 13.0. The summed E-state index contributed by atoms with van der Waals surface area (Å²) in [6, 6.07) is 13.5. The van der Waals surface area contributed by atoms with E-state index >= 15 is 0 Å². The lowest BCUT2D eigenvalue weighted by Gasteiger charge is -2.13. The van der Waals surface area contributed by atoms with Crippen molar-refractivity contribution in [3.05, 3.63) is 54.1 Å². The average molecular weight is 314 g/mol. The summed E-state index contributed by atoms with van der Waals surface area (Å²) in [7, 11) is 1.56. The molecule has 0 radical (unpaired) electrons. The normalized spacial score (nSPS) is 11.9. The fraction of sp³-hybridized carbons (Fsp3) is 0.176. The van der Waals surface area contributed by atoms with E-state index in [0.29, 0.717) is 11.5 Å². The molecule has 2 aromatic carbocycles. The zero-order chi connectivity index (χ0) is 16.7. The summed E-state index contributed by atoms with van der Waals surface area (Å²) >= 11 is 0. The van der Waals surface area contributed by atoms with Crippen LogP contribution in [0.3, 0.4) is 0 Å². The maximum Gasteiger partial charge on any atom is 0.280 e. The van der Waals surface area contributed by atoms with Crippen LogP contribution in [0.25, 0.3) is 0 Å². The Labute approximate surface area is 134 Å². The molecular weight excluding hydrogens is 296 g/mol. The summed E-state index contributed by atoms with van der Waals surface area (Å²) in [6.45, 7) is 1.63. The molecule has 0 aliphatic heterocycles. The predicted molar refractivity (Wildman–Crippen MR) is 86.9 cm³/mol. The molecule has 0 saturated heterocycles. The van der Waals surface area contributed by atoms with Crippen molar-refractivity contribution >= 4 is 12.1 Å². The van der Waals surface area contributed by atoms with Crippen LogP contribution in [0.4, 0.5) is 0 Å². The van der Waals surface area contributed by atoms with Crippen molar-refractivity contribution in [2.24, 2.45) is 5.10 Å². The van der Waals surface area contributed by atoms with Crippen LogP contribution in [0, 0.1) is 0 Å². The Morgan fingerprint density at radius 2 is 1.91 bits per heavy atom. The van der Waals surface area contributed by atoms with Gasteiger partial charge in [-0.1, -0.05) is 6.07 Å². The molecule has 2 N–H and O–H groups in total. The third-order valence-corrected chi connectivity index (χ3v) is 3.00. The van der Waals surface area contributed by atoms with Crippen LogP contribution >= 0.6 is 0 Å². The van der Waals surface area contributed by atoms with Crippen molar-refractivity contribution in [3.8, 4) is 17.2 Å². The largest absolute Gasteiger partial charge is 0.508 e. The minimum Gasteiger partial charge on any atom is -0.508 e. The van der Waals surface area contributed by atoms with Crippen molar-refractivity contribution in [2.45, 2.75) is 13.0 Å². The van der Waals surface area contributed by atoms with Crippen LogP contribution in [-0.4, -0.2) is 30.4 Å². The standard InChI is InChI=1S/C17H18N2O4/c1-12(23-16-5-3-4-15(10-16)22-2)17(21)19-18-11-13-6-8-14(20)9-7-13/h3-12,20H,1-2H3,(H,19,21)/b18-11+. The average Bonchev–Trinajstić information content (AvgIpc) is 2.56. The fourth-order valence-corrected chi connectivity index (χ4v) is 1.75. The Morgan fingerprint density at radius 1 is 1.22 bits per heavy atom. The lowest BCUT2D eigenvalue weighted by atomic mass is 10.2. The van der Waals surface area contributed by atoms with Crippen molar-refractivity contribution in [3.63, 3.8) is 0 Å². The van der Waals surface area contributed by atoms with E-state index in [1.807, 2.05) is 0 Å². The summed E-state index contributed by atoms with van der Waals surface area (Å²) < 4.78 is 10.6. The summed E-state index contributed by atoms with van der Waals surface area (Å²) in [5.41, 5.74) is 3.16. The fourth-order valence-electron chi connectivity index (χ4n) is 1.75. The van der Waals surface area contributed by atoms with Crippen LogP contribution in [0.1, 0.15) is 12.5 Å². The SMILES string of the molecule is COc1cccc(OC(C)C(=O)N/N=C/c2ccc(O)cc2)c1. The first-order chi connectivity index (χ1) is 11.1. The number of hydrazone groups is 1. The van der Waals surface area contributed by atoms with Crippen LogP contribution in [0.15, 0.2) is 53.6 Å². The molecule has 0 spiro atoms. The summed E-state index contributed by atoms with van der Waals surface area (Å²) in [5.74, 6) is 0.990. The molecule has 0 fully saturated rings. The van der Waals surface area contributed by atoms with Crippen molar-refractivity contribution in [1.82, 2.24) is 5.43 Å². The third kappa shape index (κ3) is 5.03. The number of methoxy groups -OCH3 is 1. The van der Waals surface area contributed by atoms with Crippen LogP contribution < -0.4 is 14.9 Å². The van der Waals surface area contributed by atoms with Gasteiger partial charge in [-0.25, -0.2) is 5.43 Å². The van der Waals surface area contributed by atoms with Crippen molar-refractivity contribution in [1.29, 1.82) is 0 Å². The van der Waals surface area contributed by atoms with Gasteiger partial charge in [0.1, 0.15) is 17.2 Å². The number of carbonyl (C=O) groups is 1. The molecule has 1 atom stereocenters. The van der Waals surface area contributed by atoms with Crippen LogP contribution in [-0.2, 0) is 4.79 Å². The van der Waals surface area contributed by atoms with E-state index in [4.69, 9.17) is 9.47 Å². The second-order valence-corrected chi connectivity index (χ2v) is 4.76. The van der Waals surface area contributed by atoms with Crippen LogP contribution in [0.5, 0.6) is 17.2 Å².